The van der Waals surface area contributed by atoms with Gasteiger partial charge in [0.15, 0.2) is 15.0 Å². The maximum Gasteiger partial charge on any atom is 0.230 e. The van der Waals surface area contributed by atoms with Crippen LogP contribution in [0.25, 0.3) is 10.2 Å². The van der Waals surface area contributed by atoms with E-state index in [-0.39, 0.29) is 29.5 Å². The molecule has 2 aromatic carbocycles. The second-order valence-corrected chi connectivity index (χ2v) is 11.1. The Morgan fingerprint density at radius 3 is 2.53 bits per heavy atom. The quantitative estimate of drug-likeness (QED) is 0.326. The largest absolute Gasteiger partial charge is 0.497 e. The number of anilines is 1. The van der Waals surface area contributed by atoms with Crippen molar-refractivity contribution >= 4 is 54.0 Å². The molecule has 0 spiro atoms. The summed E-state index contributed by atoms with van der Waals surface area (Å²) in [6.45, 7) is 2.09. The molecule has 0 aliphatic carbocycles. The first-order chi connectivity index (χ1) is 16.3. The van der Waals surface area contributed by atoms with Gasteiger partial charge in [0, 0.05) is 12.6 Å². The first-order valence-corrected chi connectivity index (χ1v) is 13.3. The highest BCUT2D eigenvalue weighted by molar-refractivity contribution is 7.91. The Labute approximate surface area is 206 Å². The third-order valence-electron chi connectivity index (χ3n) is 5.27. The van der Waals surface area contributed by atoms with E-state index in [9.17, 15) is 13.2 Å². The Hall–Kier alpha value is -3.01. The van der Waals surface area contributed by atoms with E-state index in [2.05, 4.69) is 9.97 Å². The van der Waals surface area contributed by atoms with Crippen LogP contribution in [0.3, 0.4) is 0 Å². The number of pyridine rings is 1. The Kier molecular flexibility index (Phi) is 7.16. The van der Waals surface area contributed by atoms with Crippen molar-refractivity contribution in [1.82, 2.24) is 9.97 Å². The number of methoxy groups -OCH3 is 1. The molecule has 0 fully saturated rings. The molecule has 0 saturated carbocycles. The molecule has 4 rings (SSSR count). The maximum absolute atomic E-state index is 13.3. The number of aromatic nitrogens is 2. The van der Waals surface area contributed by atoms with Gasteiger partial charge in [0.1, 0.15) is 5.75 Å². The lowest BCUT2D eigenvalue weighted by molar-refractivity contribution is -0.118. The molecule has 0 saturated heterocycles. The molecule has 0 aliphatic rings. The van der Waals surface area contributed by atoms with Crippen LogP contribution in [0.15, 0.2) is 65.7 Å². The molecule has 4 aromatic rings. The monoisotopic (exact) mass is 515 g/mol. The summed E-state index contributed by atoms with van der Waals surface area (Å²) in [4.78, 5) is 23.9. The number of ether oxygens (including phenoxy) is 1. The van der Waals surface area contributed by atoms with Crippen LogP contribution in [0.1, 0.15) is 17.7 Å². The van der Waals surface area contributed by atoms with Gasteiger partial charge < -0.3 is 4.74 Å². The Balaban J connectivity index is 1.61. The molecule has 176 valence electrons. The molecule has 2 aromatic heterocycles. The van der Waals surface area contributed by atoms with Gasteiger partial charge in [0.05, 0.1) is 45.2 Å². The molecule has 2 heterocycles. The van der Waals surface area contributed by atoms with E-state index in [1.807, 2.05) is 19.1 Å². The number of carbonyl (C=O) groups is 1. The Bertz CT molecular complexity index is 1380. The van der Waals surface area contributed by atoms with Crippen molar-refractivity contribution in [3.05, 3.63) is 77.1 Å². The zero-order chi connectivity index (χ0) is 24.3. The topological polar surface area (TPSA) is 89.5 Å². The lowest BCUT2D eigenvalue weighted by atomic mass is 10.2. The zero-order valence-corrected chi connectivity index (χ0v) is 21.0. The molecule has 0 unspecified atom stereocenters. The molecule has 0 N–H and O–H groups in total. The summed E-state index contributed by atoms with van der Waals surface area (Å²) in [6.07, 6.45) is 1.44. The Morgan fingerprint density at radius 2 is 1.88 bits per heavy atom. The summed E-state index contributed by atoms with van der Waals surface area (Å²) < 4.78 is 31.5. The average Bonchev–Trinajstić information content (AvgIpc) is 3.31. The van der Waals surface area contributed by atoms with Crippen LogP contribution < -0.4 is 9.64 Å². The van der Waals surface area contributed by atoms with Crippen molar-refractivity contribution in [3.63, 3.8) is 0 Å². The fraction of sp³-hybridized carbons (Fsp3) is 0.208. The molecule has 0 radical (unpaired) electrons. The number of sulfone groups is 1. The van der Waals surface area contributed by atoms with Crippen LogP contribution in [0, 0.1) is 6.92 Å². The molecule has 1 amide bonds. The smallest absolute Gasteiger partial charge is 0.230 e. The maximum atomic E-state index is 13.3. The first kappa shape index (κ1) is 24.1. The number of thiazole rings is 1. The van der Waals surface area contributed by atoms with E-state index in [1.54, 1.807) is 36.5 Å². The number of aryl methyl sites for hydroxylation is 1. The highest BCUT2D eigenvalue weighted by Gasteiger charge is 2.24. The molecule has 0 bridgehead atoms. The van der Waals surface area contributed by atoms with Crippen LogP contribution in [0.5, 0.6) is 5.75 Å². The summed E-state index contributed by atoms with van der Waals surface area (Å²) in [5.74, 6) is -0.140. The lowest BCUT2D eigenvalue weighted by Crippen LogP contribution is -2.32. The highest BCUT2D eigenvalue weighted by atomic mass is 35.5. The van der Waals surface area contributed by atoms with Crippen molar-refractivity contribution in [2.24, 2.45) is 0 Å². The first-order valence-electron chi connectivity index (χ1n) is 10.4. The van der Waals surface area contributed by atoms with E-state index < -0.39 is 9.84 Å². The number of rotatable bonds is 8. The molecule has 34 heavy (non-hydrogen) atoms. The third kappa shape index (κ3) is 5.22. The van der Waals surface area contributed by atoms with Crippen molar-refractivity contribution in [1.29, 1.82) is 0 Å². The van der Waals surface area contributed by atoms with Gasteiger partial charge in [-0.3, -0.25) is 14.7 Å². The third-order valence-corrected chi connectivity index (χ3v) is 8.54. The number of amides is 1. The van der Waals surface area contributed by atoms with E-state index in [1.165, 1.54) is 35.5 Å². The summed E-state index contributed by atoms with van der Waals surface area (Å²) >= 11 is 7.66. The van der Waals surface area contributed by atoms with Crippen LogP contribution >= 0.6 is 22.9 Å². The number of nitrogens with zero attached hydrogens (tertiary/aromatic N) is 3. The number of halogens is 1. The molecular formula is C24H22ClN3O4S2. The number of carbonyl (C=O) groups excluding carboxylic acids is 1. The van der Waals surface area contributed by atoms with Crippen LogP contribution in [-0.2, 0) is 21.2 Å². The minimum absolute atomic E-state index is 0.139. The molecule has 10 heteroatoms. The number of hydrogen-bond acceptors (Lipinski definition) is 7. The summed E-state index contributed by atoms with van der Waals surface area (Å²) in [6, 6.07) is 15.2. The van der Waals surface area contributed by atoms with Crippen LogP contribution in [0.2, 0.25) is 5.02 Å². The van der Waals surface area contributed by atoms with Gasteiger partial charge in [-0.05, 0) is 55.0 Å². The van der Waals surface area contributed by atoms with E-state index in [0.29, 0.717) is 21.6 Å². The lowest BCUT2D eigenvalue weighted by Gasteiger charge is -2.19. The highest BCUT2D eigenvalue weighted by Crippen LogP contribution is 2.36. The predicted molar refractivity (Wildman–Crippen MR) is 134 cm³/mol. The number of fused-ring (bicyclic) bond motifs is 1. The summed E-state index contributed by atoms with van der Waals surface area (Å²) in [7, 11) is -2.15. The van der Waals surface area contributed by atoms with Crippen molar-refractivity contribution < 1.29 is 17.9 Å². The van der Waals surface area contributed by atoms with Gasteiger partial charge in [0.25, 0.3) is 0 Å². The van der Waals surface area contributed by atoms with Gasteiger partial charge in [0.2, 0.25) is 5.91 Å². The van der Waals surface area contributed by atoms with Gasteiger partial charge in [-0.1, -0.05) is 35.1 Å². The van der Waals surface area contributed by atoms with Gasteiger partial charge >= 0.3 is 0 Å². The van der Waals surface area contributed by atoms with Gasteiger partial charge in [-0.25, -0.2) is 13.4 Å². The van der Waals surface area contributed by atoms with E-state index in [0.717, 1.165) is 15.8 Å². The number of benzene rings is 2. The van der Waals surface area contributed by atoms with Crippen LogP contribution in [-0.4, -0.2) is 37.2 Å². The predicted octanol–water partition coefficient (Wildman–Crippen LogP) is 5.06. The SMILES string of the molecule is COc1ccc(S(=O)(=O)CCC(=O)N(Cc2ccccn2)c2nc3c(C)ccc(Cl)c3s2)cc1. The van der Waals surface area contributed by atoms with E-state index in [4.69, 9.17) is 16.3 Å². The fourth-order valence-corrected chi connectivity index (χ4v) is 5.94. The van der Waals surface area contributed by atoms with Gasteiger partial charge in [-0.2, -0.15) is 0 Å². The van der Waals surface area contributed by atoms with Crippen molar-refractivity contribution in [2.75, 3.05) is 17.8 Å². The second-order valence-electron chi connectivity index (χ2n) is 7.58. The normalized spacial score (nSPS) is 11.5. The average molecular weight is 516 g/mol. The van der Waals surface area contributed by atoms with Crippen molar-refractivity contribution in [2.45, 2.75) is 24.8 Å². The summed E-state index contributed by atoms with van der Waals surface area (Å²) in [5.41, 5.74) is 2.32. The minimum Gasteiger partial charge on any atom is -0.497 e. The second kappa shape index (κ2) is 10.1. The molecule has 7 nitrogen and oxygen atoms in total. The standard InChI is InChI=1S/C24H22ClN3O4S2/c1-16-6-11-20(25)23-22(16)27-24(33-23)28(15-17-5-3-4-13-26-17)21(29)12-14-34(30,31)19-9-7-18(32-2)8-10-19/h3-11,13H,12,14-15H2,1-2H3. The molecule has 0 aliphatic heterocycles. The number of hydrogen-bond donors (Lipinski definition) is 0. The van der Waals surface area contributed by atoms with Crippen LogP contribution in [0.4, 0.5) is 5.13 Å². The summed E-state index contributed by atoms with van der Waals surface area (Å²) in [5, 5.41) is 1.00. The molecular weight excluding hydrogens is 494 g/mol. The minimum atomic E-state index is -3.66. The van der Waals surface area contributed by atoms with E-state index >= 15 is 0 Å². The fourth-order valence-electron chi connectivity index (χ4n) is 3.38. The van der Waals surface area contributed by atoms with Crippen molar-refractivity contribution in [3.8, 4) is 5.75 Å². The van der Waals surface area contributed by atoms with Gasteiger partial charge in [-0.15, -0.1) is 0 Å². The molecule has 0 atom stereocenters. The zero-order valence-electron chi connectivity index (χ0n) is 18.6. The Morgan fingerprint density at radius 1 is 1.12 bits per heavy atom.